The maximum atomic E-state index is 3.47. The summed E-state index contributed by atoms with van der Waals surface area (Å²) in [5.41, 5.74) is 2.50. The molecule has 0 bridgehead atoms. The fraction of sp³-hybridized carbons (Fsp3) is 0.500. The van der Waals surface area contributed by atoms with Gasteiger partial charge in [0.1, 0.15) is 0 Å². The van der Waals surface area contributed by atoms with Gasteiger partial charge in [0.25, 0.3) is 0 Å². The van der Waals surface area contributed by atoms with E-state index in [1.165, 1.54) is 12.0 Å². The largest absolute Gasteiger partial charge is 0.388 e. The molecule has 0 fully saturated rings. The van der Waals surface area contributed by atoms with Crippen molar-refractivity contribution in [2.75, 3.05) is 12.4 Å². The summed E-state index contributed by atoms with van der Waals surface area (Å²) >= 11 is 0. The summed E-state index contributed by atoms with van der Waals surface area (Å²) < 4.78 is 0. The van der Waals surface area contributed by atoms with Crippen LogP contribution < -0.4 is 10.6 Å². The molecule has 2 N–H and O–H groups in total. The van der Waals surface area contributed by atoms with Crippen LogP contribution in [0.2, 0.25) is 0 Å². The third kappa shape index (κ3) is 3.38. The van der Waals surface area contributed by atoms with E-state index in [0.29, 0.717) is 6.04 Å². The Morgan fingerprint density at radius 3 is 2.36 bits per heavy atom. The molecule has 0 saturated heterocycles. The van der Waals surface area contributed by atoms with Gasteiger partial charge >= 0.3 is 0 Å². The van der Waals surface area contributed by atoms with Crippen molar-refractivity contribution < 1.29 is 0 Å². The van der Waals surface area contributed by atoms with E-state index in [4.69, 9.17) is 0 Å². The zero-order valence-corrected chi connectivity index (χ0v) is 9.30. The highest BCUT2D eigenvalue weighted by molar-refractivity contribution is 5.43. The van der Waals surface area contributed by atoms with Crippen molar-refractivity contribution in [3.63, 3.8) is 0 Å². The smallest absolute Gasteiger partial charge is 0.0337 e. The second-order valence-corrected chi connectivity index (χ2v) is 3.64. The highest BCUT2D eigenvalue weighted by atomic mass is 14.9. The highest BCUT2D eigenvalue weighted by Crippen LogP contribution is 2.08. The van der Waals surface area contributed by atoms with Gasteiger partial charge in [-0.3, -0.25) is 0 Å². The summed E-state index contributed by atoms with van der Waals surface area (Å²) in [4.78, 5) is 0. The Morgan fingerprint density at radius 2 is 1.86 bits per heavy atom. The number of anilines is 1. The number of benzene rings is 1. The predicted molar refractivity (Wildman–Crippen MR) is 62.6 cm³/mol. The molecule has 0 aromatic heterocycles. The van der Waals surface area contributed by atoms with Gasteiger partial charge in [-0.2, -0.15) is 0 Å². The van der Waals surface area contributed by atoms with Gasteiger partial charge < -0.3 is 10.6 Å². The first kappa shape index (κ1) is 11.1. The van der Waals surface area contributed by atoms with Gasteiger partial charge in [0.05, 0.1) is 0 Å². The van der Waals surface area contributed by atoms with E-state index in [1.54, 1.807) is 0 Å². The second-order valence-electron chi connectivity index (χ2n) is 3.64. The standard InChI is InChI=1S/C12H20N2/c1-4-10(2)14-9-11-5-7-12(13-3)8-6-11/h5-8,10,13-14H,4,9H2,1-3H3. The molecule has 0 saturated carbocycles. The van der Waals surface area contributed by atoms with Crippen LogP contribution in [0.5, 0.6) is 0 Å². The lowest BCUT2D eigenvalue weighted by Crippen LogP contribution is -2.24. The summed E-state index contributed by atoms with van der Waals surface area (Å²) in [7, 11) is 1.94. The summed E-state index contributed by atoms with van der Waals surface area (Å²) in [5, 5.41) is 6.58. The monoisotopic (exact) mass is 192 g/mol. The van der Waals surface area contributed by atoms with Crippen LogP contribution in [0, 0.1) is 0 Å². The summed E-state index contributed by atoms with van der Waals surface area (Å²) in [5.74, 6) is 0. The molecule has 0 spiro atoms. The van der Waals surface area contributed by atoms with Crippen LogP contribution in [-0.2, 0) is 6.54 Å². The van der Waals surface area contributed by atoms with Crippen LogP contribution in [0.3, 0.4) is 0 Å². The van der Waals surface area contributed by atoms with E-state index in [0.717, 1.165) is 12.2 Å². The van der Waals surface area contributed by atoms with Crippen molar-refractivity contribution >= 4 is 5.69 Å². The van der Waals surface area contributed by atoms with Gasteiger partial charge in [-0.1, -0.05) is 19.1 Å². The maximum absolute atomic E-state index is 3.47. The van der Waals surface area contributed by atoms with Gasteiger partial charge in [0.2, 0.25) is 0 Å². The molecule has 1 rings (SSSR count). The van der Waals surface area contributed by atoms with Crippen LogP contribution in [0.1, 0.15) is 25.8 Å². The van der Waals surface area contributed by atoms with Crippen molar-refractivity contribution in [1.29, 1.82) is 0 Å². The molecule has 1 unspecified atom stereocenters. The third-order valence-electron chi connectivity index (χ3n) is 2.51. The molecule has 0 heterocycles. The van der Waals surface area contributed by atoms with Gasteiger partial charge in [-0.25, -0.2) is 0 Å². The van der Waals surface area contributed by atoms with Crippen molar-refractivity contribution in [2.45, 2.75) is 32.9 Å². The second kappa shape index (κ2) is 5.66. The zero-order chi connectivity index (χ0) is 10.4. The molecule has 0 amide bonds. The molecular formula is C12H20N2. The molecule has 1 aromatic carbocycles. The van der Waals surface area contributed by atoms with Crippen LogP contribution in [0.25, 0.3) is 0 Å². The lowest BCUT2D eigenvalue weighted by atomic mass is 10.2. The van der Waals surface area contributed by atoms with Crippen molar-refractivity contribution in [3.8, 4) is 0 Å². The Balaban J connectivity index is 2.43. The van der Waals surface area contributed by atoms with Crippen LogP contribution in [0.15, 0.2) is 24.3 Å². The Kier molecular flexibility index (Phi) is 4.47. The van der Waals surface area contributed by atoms with Crippen molar-refractivity contribution in [3.05, 3.63) is 29.8 Å². The first-order valence-electron chi connectivity index (χ1n) is 5.26. The summed E-state index contributed by atoms with van der Waals surface area (Å²) in [6, 6.07) is 9.11. The first-order chi connectivity index (χ1) is 6.76. The maximum Gasteiger partial charge on any atom is 0.0337 e. The first-order valence-corrected chi connectivity index (χ1v) is 5.26. The predicted octanol–water partition coefficient (Wildman–Crippen LogP) is 2.62. The van der Waals surface area contributed by atoms with E-state index in [9.17, 15) is 0 Å². The molecule has 0 aliphatic heterocycles. The molecule has 2 nitrogen and oxygen atoms in total. The lowest BCUT2D eigenvalue weighted by molar-refractivity contribution is 0.534. The highest BCUT2D eigenvalue weighted by Gasteiger charge is 1.97. The average molecular weight is 192 g/mol. The molecule has 0 aliphatic rings. The van der Waals surface area contributed by atoms with Crippen molar-refractivity contribution in [1.82, 2.24) is 5.32 Å². The normalized spacial score (nSPS) is 12.5. The number of rotatable bonds is 5. The molecule has 0 aliphatic carbocycles. The minimum absolute atomic E-state index is 0.596. The SMILES string of the molecule is CCC(C)NCc1ccc(NC)cc1. The molecule has 2 heteroatoms. The summed E-state index contributed by atoms with van der Waals surface area (Å²) in [6.07, 6.45) is 1.18. The lowest BCUT2D eigenvalue weighted by Gasteiger charge is -2.11. The van der Waals surface area contributed by atoms with Gasteiger partial charge in [0, 0.05) is 25.3 Å². The Hall–Kier alpha value is -1.02. The van der Waals surface area contributed by atoms with E-state index < -0.39 is 0 Å². The molecular weight excluding hydrogens is 172 g/mol. The molecule has 1 aromatic rings. The minimum Gasteiger partial charge on any atom is -0.388 e. The molecule has 78 valence electrons. The fourth-order valence-corrected chi connectivity index (χ4v) is 1.23. The average Bonchev–Trinajstić information content (AvgIpc) is 2.26. The van der Waals surface area contributed by atoms with E-state index >= 15 is 0 Å². The quantitative estimate of drug-likeness (QED) is 0.749. The van der Waals surface area contributed by atoms with Gasteiger partial charge in [-0.15, -0.1) is 0 Å². The molecule has 14 heavy (non-hydrogen) atoms. The Morgan fingerprint density at radius 1 is 1.21 bits per heavy atom. The van der Waals surface area contributed by atoms with Crippen molar-refractivity contribution in [2.24, 2.45) is 0 Å². The van der Waals surface area contributed by atoms with Crippen LogP contribution >= 0.6 is 0 Å². The zero-order valence-electron chi connectivity index (χ0n) is 9.30. The molecule has 1 atom stereocenters. The number of nitrogens with one attached hydrogen (secondary N) is 2. The minimum atomic E-state index is 0.596. The number of hydrogen-bond acceptors (Lipinski definition) is 2. The Bertz CT molecular complexity index is 254. The third-order valence-corrected chi connectivity index (χ3v) is 2.51. The van der Waals surface area contributed by atoms with E-state index in [2.05, 4.69) is 48.7 Å². The fourth-order valence-electron chi connectivity index (χ4n) is 1.23. The Labute approximate surface area is 86.7 Å². The van der Waals surface area contributed by atoms with E-state index in [-0.39, 0.29) is 0 Å². The number of hydrogen-bond donors (Lipinski definition) is 2. The van der Waals surface area contributed by atoms with Crippen LogP contribution in [0.4, 0.5) is 5.69 Å². The van der Waals surface area contributed by atoms with Gasteiger partial charge in [-0.05, 0) is 31.0 Å². The molecule has 0 radical (unpaired) electrons. The van der Waals surface area contributed by atoms with Crippen LogP contribution in [-0.4, -0.2) is 13.1 Å². The van der Waals surface area contributed by atoms with Gasteiger partial charge in [0.15, 0.2) is 0 Å². The topological polar surface area (TPSA) is 24.1 Å². The van der Waals surface area contributed by atoms with E-state index in [1.807, 2.05) is 7.05 Å². The summed E-state index contributed by atoms with van der Waals surface area (Å²) in [6.45, 7) is 5.36.